The average molecular weight is 833 g/mol. The molecule has 3 aliphatic rings. The summed E-state index contributed by atoms with van der Waals surface area (Å²) >= 11 is 6.27. The summed E-state index contributed by atoms with van der Waals surface area (Å²) in [7, 11) is 0. The summed E-state index contributed by atoms with van der Waals surface area (Å²) in [4.78, 5) is 11.0. The third kappa shape index (κ3) is 23.6. The van der Waals surface area contributed by atoms with Gasteiger partial charge in [0.25, 0.3) is 0 Å². The van der Waals surface area contributed by atoms with E-state index in [-0.39, 0.29) is 117 Å². The normalized spacial score (nSPS) is 30.2. The van der Waals surface area contributed by atoms with Crippen LogP contribution in [0, 0.1) is 65.6 Å². The maximum Gasteiger partial charge on any atom is 2.00 e. The molecular formula is C33H69Cl2Mg2O2SW-. The van der Waals surface area contributed by atoms with Crippen LogP contribution in [-0.2, 0) is 39.4 Å². The molecule has 2 nitrogen and oxygen atoms in total. The zero-order valence-corrected chi connectivity index (χ0v) is 34.8. The van der Waals surface area contributed by atoms with Crippen LogP contribution in [0.5, 0.6) is 0 Å². The molecule has 0 radical (unpaired) electrons. The van der Waals surface area contributed by atoms with E-state index in [0.717, 1.165) is 48.3 Å². The van der Waals surface area contributed by atoms with Crippen LogP contribution in [0.4, 0.5) is 0 Å². The van der Waals surface area contributed by atoms with Crippen LogP contribution in [0.25, 0.3) is 0 Å². The van der Waals surface area contributed by atoms with Gasteiger partial charge in [0.1, 0.15) is 0 Å². The summed E-state index contributed by atoms with van der Waals surface area (Å²) in [6, 6.07) is 0. The molecule has 0 saturated heterocycles. The van der Waals surface area contributed by atoms with Crippen LogP contribution in [0.1, 0.15) is 138 Å². The van der Waals surface area contributed by atoms with E-state index in [1.54, 1.807) is 0 Å². The molecule has 0 aromatic heterocycles. The molecule has 0 aliphatic heterocycles. The fraction of sp³-hybridized carbons (Fsp3) is 0.939. The van der Waals surface area contributed by atoms with Crippen molar-refractivity contribution in [2.24, 2.45) is 59.2 Å². The van der Waals surface area contributed by atoms with Crippen molar-refractivity contribution in [2.45, 2.75) is 140 Å². The Labute approximate surface area is 326 Å². The Morgan fingerprint density at radius 3 is 1.51 bits per heavy atom. The SMILES string of the molecule is C.C.CC(C)[C@@H]1CC[C@@H](C)C[C@H]1C(=O)O.CC(C)[C@@H]1CC[C@@H](C)C[C@H]1Cl.CC(C)[C@H]1[CH-]C[C@H](C)CC1.[Cl-].[H-].[H-].[Mg+2].[Mg+2].[SH-].[W]. The predicted octanol–water partition coefficient (Wildman–Crippen LogP) is 7.22. The molecule has 0 amide bonds. The molecule has 0 bridgehead atoms. The largest absolute Gasteiger partial charge is 2.00 e. The first-order valence-electron chi connectivity index (χ1n) is 14.5. The number of hydrogen-bond acceptors (Lipinski definition) is 2. The van der Waals surface area contributed by atoms with Crippen LogP contribution in [0.2, 0.25) is 0 Å². The van der Waals surface area contributed by atoms with Gasteiger partial charge in [-0.1, -0.05) is 115 Å². The van der Waals surface area contributed by atoms with Gasteiger partial charge in [-0.2, -0.15) is 12.3 Å². The molecule has 41 heavy (non-hydrogen) atoms. The topological polar surface area (TPSA) is 37.3 Å². The Hall–Kier alpha value is 2.62. The third-order valence-corrected chi connectivity index (χ3v) is 9.47. The molecule has 0 aromatic rings. The molecule has 8 atom stereocenters. The Bertz CT molecular complexity index is 591. The van der Waals surface area contributed by atoms with Gasteiger partial charge in [0.05, 0.1) is 5.92 Å². The predicted molar refractivity (Wildman–Crippen MR) is 185 cm³/mol. The molecular weight excluding hydrogens is 764 g/mol. The first-order chi connectivity index (χ1) is 15.8. The zero-order chi connectivity index (χ0) is 26.0. The minimum Gasteiger partial charge on any atom is -1.00 e. The van der Waals surface area contributed by atoms with E-state index in [0.29, 0.717) is 23.1 Å². The standard InChI is InChI=1S/C11H20O2.C10H19Cl.C10H19.2CH4.ClH.2Mg.H2S.W.2H/c1-7(2)9-5-4-8(3)6-10(9)11(12)13;1-7(2)9-5-4-8(3)6-10(9)11;1-8(2)10-6-4-9(3)5-7-10;;;;;;;;;/h7-10H,4-6H2,1-3H3,(H,12,13);7-10H,4-6H2,1-3H3;6,8-10H,4-5,7H2,1-3H3;2*1H4;1H;;;1H2;;;/q;;-1;;;;2*+2;;;2*-1/p-2/t2*8-,9+,10-;9-,10-;;;;;;;;;/m110........./s1. The number of halogens is 2. The van der Waals surface area contributed by atoms with Gasteiger partial charge in [0, 0.05) is 26.4 Å². The van der Waals surface area contributed by atoms with Gasteiger partial charge in [-0.3, -0.25) is 4.79 Å². The summed E-state index contributed by atoms with van der Waals surface area (Å²) in [5.74, 6) is 5.94. The van der Waals surface area contributed by atoms with E-state index in [1.165, 1.54) is 44.9 Å². The number of rotatable bonds is 4. The van der Waals surface area contributed by atoms with E-state index < -0.39 is 5.97 Å². The molecule has 0 spiro atoms. The Morgan fingerprint density at radius 1 is 0.756 bits per heavy atom. The van der Waals surface area contributed by atoms with Crippen molar-refractivity contribution in [2.75, 3.05) is 0 Å². The molecule has 0 unspecified atom stereocenters. The molecule has 3 rings (SSSR count). The van der Waals surface area contributed by atoms with Gasteiger partial charge in [-0.25, -0.2) is 0 Å². The van der Waals surface area contributed by atoms with E-state index in [9.17, 15) is 4.79 Å². The van der Waals surface area contributed by atoms with Crippen LogP contribution >= 0.6 is 11.6 Å². The second-order valence-electron chi connectivity index (χ2n) is 13.2. The van der Waals surface area contributed by atoms with Crippen LogP contribution in [-0.4, -0.2) is 62.6 Å². The summed E-state index contributed by atoms with van der Waals surface area (Å²) in [5, 5.41) is 9.52. The summed E-state index contributed by atoms with van der Waals surface area (Å²) in [6.45, 7) is 20.3. The second-order valence-corrected chi connectivity index (χ2v) is 13.7. The van der Waals surface area contributed by atoms with Crippen LogP contribution < -0.4 is 12.4 Å². The quantitative estimate of drug-likeness (QED) is 0.107. The minimum atomic E-state index is -0.592. The minimum absolute atomic E-state index is 0. The fourth-order valence-electron chi connectivity index (χ4n) is 6.30. The van der Waals surface area contributed by atoms with Crippen molar-refractivity contribution >= 4 is 77.2 Å². The van der Waals surface area contributed by atoms with Gasteiger partial charge in [-0.15, -0.1) is 11.6 Å². The summed E-state index contributed by atoms with van der Waals surface area (Å²) < 4.78 is 0. The molecule has 1 N–H and O–H groups in total. The number of alkyl halides is 1. The molecule has 3 saturated carbocycles. The van der Waals surface area contributed by atoms with Crippen LogP contribution in [0.3, 0.4) is 0 Å². The maximum absolute atomic E-state index is 11.0. The number of carbonyl (C=O) groups is 1. The zero-order valence-electron chi connectivity index (χ0n) is 28.7. The van der Waals surface area contributed by atoms with Crippen molar-refractivity contribution in [1.29, 1.82) is 0 Å². The molecule has 3 fully saturated rings. The third-order valence-electron chi connectivity index (χ3n) is 8.97. The maximum atomic E-state index is 11.0. The average Bonchev–Trinajstić information content (AvgIpc) is 2.74. The molecule has 244 valence electrons. The van der Waals surface area contributed by atoms with Gasteiger partial charge < -0.3 is 40.3 Å². The Morgan fingerprint density at radius 2 is 1.17 bits per heavy atom. The summed E-state index contributed by atoms with van der Waals surface area (Å²) in [6.07, 6.45) is 13.9. The number of aliphatic carboxylic acids is 1. The van der Waals surface area contributed by atoms with Gasteiger partial charge in [-0.05, 0) is 61.2 Å². The Kier molecular flexibility index (Phi) is 45.0. The molecule has 0 heterocycles. The van der Waals surface area contributed by atoms with Gasteiger partial charge >= 0.3 is 52.1 Å². The van der Waals surface area contributed by atoms with Crippen molar-refractivity contribution in [3.8, 4) is 0 Å². The van der Waals surface area contributed by atoms with Crippen molar-refractivity contribution in [3.05, 3.63) is 6.42 Å². The van der Waals surface area contributed by atoms with E-state index in [2.05, 4.69) is 68.7 Å². The van der Waals surface area contributed by atoms with E-state index in [1.807, 2.05) is 0 Å². The number of carboxylic acid groups (broad SMARTS) is 1. The summed E-state index contributed by atoms with van der Waals surface area (Å²) in [5.41, 5.74) is 0. The molecule has 8 heteroatoms. The Balaban J connectivity index is -0.0000000525. The van der Waals surface area contributed by atoms with Crippen molar-refractivity contribution in [1.82, 2.24) is 0 Å². The number of hydrogen-bond donors (Lipinski definition) is 1. The monoisotopic (exact) mass is 831 g/mol. The van der Waals surface area contributed by atoms with Crippen molar-refractivity contribution < 1.29 is 46.2 Å². The van der Waals surface area contributed by atoms with Crippen molar-refractivity contribution in [3.63, 3.8) is 0 Å². The van der Waals surface area contributed by atoms with Gasteiger partial charge in [0.2, 0.25) is 0 Å². The first-order valence-corrected chi connectivity index (χ1v) is 15.0. The van der Waals surface area contributed by atoms with E-state index >= 15 is 0 Å². The van der Waals surface area contributed by atoms with Crippen LogP contribution in [0.15, 0.2) is 0 Å². The smallest absolute Gasteiger partial charge is 1.00 e. The number of carboxylic acids is 1. The van der Waals surface area contributed by atoms with E-state index in [4.69, 9.17) is 16.7 Å². The molecule has 0 aromatic carbocycles. The molecule has 3 aliphatic carbocycles. The first kappa shape index (κ1) is 59.1. The number of thiol groups is 1. The van der Waals surface area contributed by atoms with Gasteiger partial charge in [0.15, 0.2) is 0 Å². The second kappa shape index (κ2) is 31.2. The fourth-order valence-corrected chi connectivity index (χ4v) is 7.02.